The minimum atomic E-state index is -3.31. The van der Waals surface area contributed by atoms with Crippen LogP contribution < -0.4 is 4.31 Å². The van der Waals surface area contributed by atoms with E-state index in [1.807, 2.05) is 6.07 Å². The van der Waals surface area contributed by atoms with Crippen LogP contribution in [0.2, 0.25) is 0 Å². The zero-order chi connectivity index (χ0) is 22.2. The summed E-state index contributed by atoms with van der Waals surface area (Å²) in [5.41, 5.74) is 2.16. The third-order valence-electron chi connectivity index (χ3n) is 6.46. The third kappa shape index (κ3) is 4.77. The molecule has 4 rings (SSSR count). The molecule has 31 heavy (non-hydrogen) atoms. The Hall–Kier alpha value is -2.00. The lowest BCUT2D eigenvalue weighted by molar-refractivity contribution is -0.0345. The van der Waals surface area contributed by atoms with Crippen LogP contribution in [0.4, 0.5) is 10.1 Å². The summed E-state index contributed by atoms with van der Waals surface area (Å²) < 4.78 is 38.7. The minimum Gasteiger partial charge on any atom is -0.387 e. The highest BCUT2D eigenvalue weighted by Crippen LogP contribution is 2.35. The van der Waals surface area contributed by atoms with Crippen LogP contribution in [0.1, 0.15) is 42.1 Å². The molecule has 6 nitrogen and oxygen atoms in total. The Balaban J connectivity index is 1.40. The first kappa shape index (κ1) is 22.2. The predicted octanol–water partition coefficient (Wildman–Crippen LogP) is 2.55. The number of aliphatic hydroxyl groups is 2. The summed E-state index contributed by atoms with van der Waals surface area (Å²) in [5.74, 6) is -0.322. The fourth-order valence-corrected chi connectivity index (χ4v) is 5.63. The number of benzene rings is 2. The molecule has 0 saturated carbocycles. The van der Waals surface area contributed by atoms with Gasteiger partial charge in [-0.2, -0.15) is 0 Å². The number of hydrogen-bond donors (Lipinski definition) is 2. The van der Waals surface area contributed by atoms with Crippen molar-refractivity contribution in [3.05, 3.63) is 65.0 Å². The van der Waals surface area contributed by atoms with Crippen LogP contribution in [-0.2, 0) is 22.0 Å². The molecule has 2 aliphatic heterocycles. The number of aryl methyl sites for hydroxylation is 1. The molecule has 0 unspecified atom stereocenters. The Morgan fingerprint density at radius 2 is 1.77 bits per heavy atom. The average molecular weight is 449 g/mol. The third-order valence-corrected chi connectivity index (χ3v) is 7.64. The topological polar surface area (TPSA) is 81.1 Å². The van der Waals surface area contributed by atoms with Crippen LogP contribution >= 0.6 is 0 Å². The van der Waals surface area contributed by atoms with Gasteiger partial charge in [0.25, 0.3) is 0 Å². The molecule has 2 heterocycles. The summed E-state index contributed by atoms with van der Waals surface area (Å²) in [4.78, 5) is 2.12. The second kappa shape index (κ2) is 8.50. The fraction of sp³-hybridized carbons (Fsp3) is 0.478. The van der Waals surface area contributed by atoms with Crippen LogP contribution in [0.3, 0.4) is 0 Å². The Labute approximate surface area is 183 Å². The summed E-state index contributed by atoms with van der Waals surface area (Å²) in [6.45, 7) is 2.17. The van der Waals surface area contributed by atoms with Gasteiger partial charge in [-0.15, -0.1) is 0 Å². The van der Waals surface area contributed by atoms with E-state index in [0.717, 1.165) is 29.5 Å². The maximum Gasteiger partial charge on any atom is 0.232 e. The highest BCUT2D eigenvalue weighted by Gasteiger charge is 2.34. The molecule has 168 valence electrons. The molecule has 1 atom stereocenters. The molecule has 0 spiro atoms. The van der Waals surface area contributed by atoms with E-state index in [-0.39, 0.29) is 5.82 Å². The summed E-state index contributed by atoms with van der Waals surface area (Å²) in [5, 5.41) is 21.8. The average Bonchev–Trinajstić information content (AvgIpc) is 2.74. The van der Waals surface area contributed by atoms with Crippen molar-refractivity contribution in [1.82, 2.24) is 4.90 Å². The van der Waals surface area contributed by atoms with E-state index >= 15 is 0 Å². The number of nitrogens with zero attached hydrogens (tertiary/aromatic N) is 2. The van der Waals surface area contributed by atoms with Crippen molar-refractivity contribution in [1.29, 1.82) is 0 Å². The molecule has 2 aromatic carbocycles. The molecular weight excluding hydrogens is 419 g/mol. The fourth-order valence-electron chi connectivity index (χ4n) is 4.64. The lowest BCUT2D eigenvalue weighted by atomic mass is 9.84. The molecule has 1 saturated heterocycles. The smallest absolute Gasteiger partial charge is 0.232 e. The SMILES string of the molecule is CS(=O)(=O)N1CCCc2cc([C@H](O)CN3CCC(O)(c4ccc(F)cc4)CC3)ccc21. The van der Waals surface area contributed by atoms with Gasteiger partial charge in [0.2, 0.25) is 10.0 Å². The van der Waals surface area contributed by atoms with Crippen molar-refractivity contribution in [2.75, 3.05) is 36.7 Å². The molecule has 0 aromatic heterocycles. The number of fused-ring (bicyclic) bond motifs is 1. The van der Waals surface area contributed by atoms with Gasteiger partial charge in [0.15, 0.2) is 0 Å². The largest absolute Gasteiger partial charge is 0.387 e. The van der Waals surface area contributed by atoms with Crippen molar-refractivity contribution >= 4 is 15.7 Å². The van der Waals surface area contributed by atoms with Crippen molar-refractivity contribution < 1.29 is 23.0 Å². The highest BCUT2D eigenvalue weighted by atomic mass is 32.2. The van der Waals surface area contributed by atoms with Crippen molar-refractivity contribution in [2.24, 2.45) is 0 Å². The maximum absolute atomic E-state index is 13.2. The molecule has 1 fully saturated rings. The van der Waals surface area contributed by atoms with Gasteiger partial charge >= 0.3 is 0 Å². The monoisotopic (exact) mass is 448 g/mol. The van der Waals surface area contributed by atoms with Gasteiger partial charge in [-0.05, 0) is 60.6 Å². The standard InChI is InChI=1S/C23H29FN2O4S/c1-31(29,30)26-12-2-3-17-15-18(4-9-21(17)26)22(27)16-25-13-10-23(28,11-14-25)19-5-7-20(24)8-6-19/h4-9,15,22,27-28H,2-3,10-14,16H2,1H3/t22-/m1/s1. The van der Waals surface area contributed by atoms with Gasteiger partial charge in [-0.25, -0.2) is 12.8 Å². The number of piperidine rings is 1. The number of β-amino-alcohol motifs (C(OH)–C–C–N with tert-alkyl or cyclic N) is 1. The number of aliphatic hydroxyl groups excluding tert-OH is 1. The summed E-state index contributed by atoms with van der Waals surface area (Å²) >= 11 is 0. The Morgan fingerprint density at radius 3 is 2.42 bits per heavy atom. The van der Waals surface area contributed by atoms with Crippen LogP contribution in [0.25, 0.3) is 0 Å². The Morgan fingerprint density at radius 1 is 1.10 bits per heavy atom. The first-order valence-corrected chi connectivity index (χ1v) is 12.5. The first-order chi connectivity index (χ1) is 14.7. The van der Waals surface area contributed by atoms with E-state index < -0.39 is 21.7 Å². The number of anilines is 1. The predicted molar refractivity (Wildman–Crippen MR) is 118 cm³/mol. The summed E-state index contributed by atoms with van der Waals surface area (Å²) in [6.07, 6.45) is 3.09. The molecule has 2 N–H and O–H groups in total. The molecule has 0 radical (unpaired) electrons. The number of halogens is 1. The Bertz CT molecular complexity index is 1030. The molecule has 2 aromatic rings. The number of likely N-dealkylation sites (tertiary alicyclic amines) is 1. The van der Waals surface area contributed by atoms with Crippen LogP contribution in [0.5, 0.6) is 0 Å². The van der Waals surface area contributed by atoms with Crippen LogP contribution in [0.15, 0.2) is 42.5 Å². The zero-order valence-electron chi connectivity index (χ0n) is 17.7. The van der Waals surface area contributed by atoms with Gasteiger partial charge in [0.05, 0.1) is 23.6 Å². The molecular formula is C23H29FN2O4S. The first-order valence-electron chi connectivity index (χ1n) is 10.7. The van der Waals surface area contributed by atoms with Gasteiger partial charge < -0.3 is 15.1 Å². The number of sulfonamides is 1. The second-order valence-corrected chi connectivity index (χ2v) is 10.6. The molecule has 0 aliphatic carbocycles. The molecule has 8 heteroatoms. The maximum atomic E-state index is 13.2. The van der Waals surface area contributed by atoms with E-state index in [0.29, 0.717) is 44.7 Å². The van der Waals surface area contributed by atoms with E-state index in [2.05, 4.69) is 4.90 Å². The molecule has 0 amide bonds. The Kier molecular flexibility index (Phi) is 6.09. The second-order valence-electron chi connectivity index (χ2n) is 8.68. The summed E-state index contributed by atoms with van der Waals surface area (Å²) in [7, 11) is -3.31. The molecule has 0 bridgehead atoms. The van der Waals surface area contributed by atoms with Crippen molar-refractivity contribution in [3.8, 4) is 0 Å². The number of hydrogen-bond acceptors (Lipinski definition) is 5. The van der Waals surface area contributed by atoms with Crippen LogP contribution in [0, 0.1) is 5.82 Å². The van der Waals surface area contributed by atoms with Gasteiger partial charge in [0.1, 0.15) is 5.82 Å². The van der Waals surface area contributed by atoms with Gasteiger partial charge in [0, 0.05) is 26.2 Å². The normalized spacial score (nSPS) is 20.3. The van der Waals surface area contributed by atoms with Crippen molar-refractivity contribution in [2.45, 2.75) is 37.4 Å². The lowest BCUT2D eigenvalue weighted by Crippen LogP contribution is -2.44. The minimum absolute atomic E-state index is 0.322. The van der Waals surface area contributed by atoms with Crippen molar-refractivity contribution in [3.63, 3.8) is 0 Å². The number of rotatable bonds is 5. The van der Waals surface area contributed by atoms with E-state index in [9.17, 15) is 23.0 Å². The van der Waals surface area contributed by atoms with Gasteiger partial charge in [-0.3, -0.25) is 4.31 Å². The quantitative estimate of drug-likeness (QED) is 0.735. The van der Waals surface area contributed by atoms with E-state index in [1.54, 1.807) is 24.3 Å². The van der Waals surface area contributed by atoms with Gasteiger partial charge in [-0.1, -0.05) is 24.3 Å². The van der Waals surface area contributed by atoms with E-state index in [1.165, 1.54) is 22.7 Å². The molecule has 2 aliphatic rings. The summed E-state index contributed by atoms with van der Waals surface area (Å²) in [6, 6.07) is 11.5. The van der Waals surface area contributed by atoms with E-state index in [4.69, 9.17) is 0 Å². The van der Waals surface area contributed by atoms with Crippen LogP contribution in [-0.4, -0.2) is 56.0 Å². The highest BCUT2D eigenvalue weighted by molar-refractivity contribution is 7.92. The zero-order valence-corrected chi connectivity index (χ0v) is 18.5. The lowest BCUT2D eigenvalue weighted by Gasteiger charge is -2.39.